The first-order chi connectivity index (χ1) is 9.91. The Kier molecular flexibility index (Phi) is 5.00. The molecule has 1 fully saturated rings. The highest BCUT2D eigenvalue weighted by Crippen LogP contribution is 2.27. The molecule has 3 nitrogen and oxygen atoms in total. The van der Waals surface area contributed by atoms with Gasteiger partial charge < -0.3 is 10.1 Å². The number of morpholine rings is 1. The van der Waals surface area contributed by atoms with Gasteiger partial charge in [0.1, 0.15) is 5.69 Å². The van der Waals surface area contributed by atoms with E-state index in [9.17, 15) is 22.0 Å². The first-order valence-corrected chi connectivity index (χ1v) is 6.50. The summed E-state index contributed by atoms with van der Waals surface area (Å²) in [6.45, 7) is 4.42. The van der Waals surface area contributed by atoms with Crippen LogP contribution in [0.2, 0.25) is 0 Å². The topological polar surface area (TPSA) is 24.5 Å². The van der Waals surface area contributed by atoms with E-state index in [1.165, 1.54) is 0 Å². The second kappa shape index (κ2) is 6.57. The summed E-state index contributed by atoms with van der Waals surface area (Å²) >= 11 is 0. The fourth-order valence-corrected chi connectivity index (χ4v) is 2.19. The maximum Gasteiger partial charge on any atom is 0.200 e. The lowest BCUT2D eigenvalue weighted by Crippen LogP contribution is -2.42. The highest BCUT2D eigenvalue weighted by atomic mass is 19.2. The number of anilines is 1. The zero-order valence-corrected chi connectivity index (χ0v) is 11.4. The summed E-state index contributed by atoms with van der Waals surface area (Å²) in [5, 5.41) is 2.36. The molecule has 1 saturated heterocycles. The van der Waals surface area contributed by atoms with Crippen LogP contribution in [0.25, 0.3) is 0 Å². The predicted octanol–water partition coefficient (Wildman–Crippen LogP) is 2.51. The van der Waals surface area contributed by atoms with E-state index < -0.39 is 40.8 Å². The number of benzene rings is 1. The molecular formula is C13H15F5N2O. The van der Waals surface area contributed by atoms with Crippen molar-refractivity contribution in [3.05, 3.63) is 29.1 Å². The zero-order chi connectivity index (χ0) is 15.6. The van der Waals surface area contributed by atoms with Crippen LogP contribution in [0.15, 0.2) is 0 Å². The average molecular weight is 310 g/mol. The lowest BCUT2D eigenvalue weighted by Gasteiger charge is -2.29. The van der Waals surface area contributed by atoms with Gasteiger partial charge in [0, 0.05) is 25.7 Å². The van der Waals surface area contributed by atoms with E-state index in [0.717, 1.165) is 0 Å². The van der Waals surface area contributed by atoms with Crippen molar-refractivity contribution in [1.29, 1.82) is 0 Å². The van der Waals surface area contributed by atoms with Crippen LogP contribution in [0.3, 0.4) is 0 Å². The summed E-state index contributed by atoms with van der Waals surface area (Å²) in [5.74, 6) is -9.75. The molecule has 1 unspecified atom stereocenters. The lowest BCUT2D eigenvalue weighted by molar-refractivity contribution is 0.0367. The third-order valence-electron chi connectivity index (χ3n) is 3.24. The van der Waals surface area contributed by atoms with Crippen molar-refractivity contribution < 1.29 is 26.7 Å². The van der Waals surface area contributed by atoms with Crippen LogP contribution in [0.4, 0.5) is 27.6 Å². The van der Waals surface area contributed by atoms with E-state index in [2.05, 4.69) is 5.32 Å². The molecular weight excluding hydrogens is 295 g/mol. The van der Waals surface area contributed by atoms with Gasteiger partial charge in [0.15, 0.2) is 23.3 Å². The zero-order valence-electron chi connectivity index (χ0n) is 11.4. The summed E-state index contributed by atoms with van der Waals surface area (Å²) in [4.78, 5) is 1.98. The first kappa shape index (κ1) is 16.0. The monoisotopic (exact) mass is 310 g/mol. The molecule has 0 aromatic heterocycles. The molecule has 0 amide bonds. The van der Waals surface area contributed by atoms with Crippen molar-refractivity contribution >= 4 is 5.69 Å². The second-order valence-electron chi connectivity index (χ2n) is 4.90. The molecule has 1 aliphatic rings. The molecule has 1 aromatic carbocycles. The number of nitrogens with zero attached hydrogens (tertiary/aromatic N) is 1. The van der Waals surface area contributed by atoms with Crippen LogP contribution in [0.1, 0.15) is 6.92 Å². The van der Waals surface area contributed by atoms with Gasteiger partial charge in [-0.1, -0.05) is 0 Å². The van der Waals surface area contributed by atoms with E-state index in [4.69, 9.17) is 4.74 Å². The summed E-state index contributed by atoms with van der Waals surface area (Å²) < 4.78 is 71.3. The number of nitrogens with one attached hydrogen (secondary N) is 1. The van der Waals surface area contributed by atoms with Gasteiger partial charge in [-0.05, 0) is 6.92 Å². The largest absolute Gasteiger partial charge is 0.379 e. The summed E-state index contributed by atoms with van der Waals surface area (Å²) in [5.41, 5.74) is -0.993. The Morgan fingerprint density at radius 2 is 1.43 bits per heavy atom. The molecule has 1 heterocycles. The molecule has 1 N–H and O–H groups in total. The van der Waals surface area contributed by atoms with Crippen molar-refractivity contribution in [2.45, 2.75) is 13.0 Å². The Morgan fingerprint density at radius 3 is 1.95 bits per heavy atom. The van der Waals surface area contributed by atoms with Crippen LogP contribution >= 0.6 is 0 Å². The van der Waals surface area contributed by atoms with E-state index in [1.54, 1.807) is 6.92 Å². The predicted molar refractivity (Wildman–Crippen MR) is 66.6 cm³/mol. The van der Waals surface area contributed by atoms with E-state index in [-0.39, 0.29) is 0 Å². The normalized spacial score (nSPS) is 17.8. The highest BCUT2D eigenvalue weighted by molar-refractivity contribution is 5.48. The number of halogens is 5. The van der Waals surface area contributed by atoms with Crippen LogP contribution in [0, 0.1) is 29.1 Å². The van der Waals surface area contributed by atoms with Crippen molar-refractivity contribution in [2.24, 2.45) is 0 Å². The Bertz CT molecular complexity index is 491. The molecule has 0 radical (unpaired) electrons. The Labute approximate surface area is 118 Å². The maximum absolute atomic E-state index is 13.5. The SMILES string of the molecule is CC(CN1CCOCC1)Nc1c(F)c(F)c(F)c(F)c1F. The van der Waals surface area contributed by atoms with E-state index >= 15 is 0 Å². The smallest absolute Gasteiger partial charge is 0.200 e. The van der Waals surface area contributed by atoms with Crippen LogP contribution < -0.4 is 5.32 Å². The molecule has 1 aromatic rings. The standard InChI is InChI=1S/C13H15F5N2O/c1-7(6-20-2-4-21-5-3-20)19-13-11(17)9(15)8(14)10(16)12(13)18/h7,19H,2-6H2,1H3. The Hall–Kier alpha value is -1.41. The number of hydrogen-bond donors (Lipinski definition) is 1. The van der Waals surface area contributed by atoms with Crippen molar-refractivity contribution in [2.75, 3.05) is 38.2 Å². The van der Waals surface area contributed by atoms with Gasteiger partial charge in [-0.25, -0.2) is 22.0 Å². The van der Waals surface area contributed by atoms with Gasteiger partial charge >= 0.3 is 0 Å². The van der Waals surface area contributed by atoms with Crippen LogP contribution in [0.5, 0.6) is 0 Å². The average Bonchev–Trinajstić information content (AvgIpc) is 2.48. The van der Waals surface area contributed by atoms with Gasteiger partial charge in [0.25, 0.3) is 0 Å². The number of ether oxygens (including phenoxy) is 1. The van der Waals surface area contributed by atoms with E-state index in [0.29, 0.717) is 32.8 Å². The van der Waals surface area contributed by atoms with Crippen molar-refractivity contribution in [3.8, 4) is 0 Å². The minimum atomic E-state index is -2.16. The van der Waals surface area contributed by atoms with Gasteiger partial charge in [0.2, 0.25) is 5.82 Å². The Balaban J connectivity index is 2.11. The quantitative estimate of drug-likeness (QED) is 0.525. The van der Waals surface area contributed by atoms with Crippen LogP contribution in [-0.2, 0) is 4.74 Å². The van der Waals surface area contributed by atoms with Crippen molar-refractivity contribution in [1.82, 2.24) is 4.90 Å². The minimum Gasteiger partial charge on any atom is -0.379 e. The third kappa shape index (κ3) is 3.44. The molecule has 118 valence electrons. The van der Waals surface area contributed by atoms with Crippen LogP contribution in [-0.4, -0.2) is 43.8 Å². The second-order valence-corrected chi connectivity index (χ2v) is 4.90. The van der Waals surface area contributed by atoms with Gasteiger partial charge in [-0.15, -0.1) is 0 Å². The molecule has 21 heavy (non-hydrogen) atoms. The summed E-state index contributed by atoms with van der Waals surface area (Å²) in [7, 11) is 0. The molecule has 0 bridgehead atoms. The summed E-state index contributed by atoms with van der Waals surface area (Å²) in [6.07, 6.45) is 0. The molecule has 1 aliphatic heterocycles. The minimum absolute atomic E-state index is 0.406. The highest BCUT2D eigenvalue weighted by Gasteiger charge is 2.26. The van der Waals surface area contributed by atoms with Gasteiger partial charge in [0.05, 0.1) is 13.2 Å². The first-order valence-electron chi connectivity index (χ1n) is 6.50. The molecule has 1 atom stereocenters. The molecule has 0 spiro atoms. The van der Waals surface area contributed by atoms with E-state index in [1.807, 2.05) is 4.90 Å². The fraction of sp³-hybridized carbons (Fsp3) is 0.538. The Morgan fingerprint density at radius 1 is 0.952 bits per heavy atom. The molecule has 0 aliphatic carbocycles. The molecule has 2 rings (SSSR count). The summed E-state index contributed by atoms with van der Waals surface area (Å²) in [6, 6.07) is -0.489. The number of hydrogen-bond acceptors (Lipinski definition) is 3. The third-order valence-corrected chi connectivity index (χ3v) is 3.24. The van der Waals surface area contributed by atoms with Gasteiger partial charge in [-0.2, -0.15) is 0 Å². The maximum atomic E-state index is 13.5. The van der Waals surface area contributed by atoms with Gasteiger partial charge in [-0.3, -0.25) is 4.90 Å². The molecule has 8 heteroatoms. The number of rotatable bonds is 4. The lowest BCUT2D eigenvalue weighted by atomic mass is 10.2. The van der Waals surface area contributed by atoms with Crippen molar-refractivity contribution in [3.63, 3.8) is 0 Å². The fourth-order valence-electron chi connectivity index (χ4n) is 2.19. The molecule has 0 saturated carbocycles.